The summed E-state index contributed by atoms with van der Waals surface area (Å²) in [5.41, 5.74) is 0. The van der Waals surface area contributed by atoms with Crippen LogP contribution in [0.2, 0.25) is 0 Å². The lowest BCUT2D eigenvalue weighted by atomic mass is 10.0. The van der Waals surface area contributed by atoms with Crippen molar-refractivity contribution >= 4 is 5.91 Å². The lowest BCUT2D eigenvalue weighted by Crippen LogP contribution is -2.43. The Morgan fingerprint density at radius 2 is 2.17 bits per heavy atom. The molecule has 0 bridgehead atoms. The number of nitrogens with zero attached hydrogens (tertiary/aromatic N) is 1. The monoisotopic (exact) mass is 255 g/mol. The van der Waals surface area contributed by atoms with Gasteiger partial charge in [0.25, 0.3) is 0 Å². The van der Waals surface area contributed by atoms with Crippen molar-refractivity contribution in [3.8, 4) is 0 Å². The van der Waals surface area contributed by atoms with Crippen molar-refractivity contribution < 1.29 is 4.79 Å². The van der Waals surface area contributed by atoms with E-state index in [-0.39, 0.29) is 5.91 Å². The summed E-state index contributed by atoms with van der Waals surface area (Å²) in [6.07, 6.45) is 2.91. The lowest BCUT2D eigenvalue weighted by molar-refractivity contribution is -0.121. The summed E-state index contributed by atoms with van der Waals surface area (Å²) in [4.78, 5) is 14.0. The molecule has 4 heteroatoms. The van der Waals surface area contributed by atoms with Crippen LogP contribution in [0.25, 0.3) is 0 Å². The van der Waals surface area contributed by atoms with Gasteiger partial charge in [-0.15, -0.1) is 0 Å². The molecule has 4 nitrogen and oxygen atoms in total. The van der Waals surface area contributed by atoms with Gasteiger partial charge in [0.05, 0.1) is 0 Å². The van der Waals surface area contributed by atoms with Crippen molar-refractivity contribution in [2.75, 3.05) is 33.7 Å². The van der Waals surface area contributed by atoms with Crippen molar-refractivity contribution in [2.45, 2.75) is 39.2 Å². The first-order valence-corrected chi connectivity index (χ1v) is 7.14. The van der Waals surface area contributed by atoms with Gasteiger partial charge in [-0.2, -0.15) is 0 Å². The molecule has 1 saturated heterocycles. The summed E-state index contributed by atoms with van der Waals surface area (Å²) in [7, 11) is 4.14. The minimum absolute atomic E-state index is 0.203. The second-order valence-electron chi connectivity index (χ2n) is 5.98. The zero-order chi connectivity index (χ0) is 13.5. The summed E-state index contributed by atoms with van der Waals surface area (Å²) < 4.78 is 0. The quantitative estimate of drug-likeness (QED) is 0.715. The van der Waals surface area contributed by atoms with Gasteiger partial charge in [-0.3, -0.25) is 4.79 Å². The Labute approximate surface area is 111 Å². The molecule has 1 aliphatic rings. The van der Waals surface area contributed by atoms with Crippen molar-refractivity contribution in [2.24, 2.45) is 11.8 Å². The second kappa shape index (κ2) is 7.74. The molecule has 1 rings (SSSR count). The molecule has 0 aromatic carbocycles. The van der Waals surface area contributed by atoms with E-state index in [0.717, 1.165) is 26.1 Å². The highest BCUT2D eigenvalue weighted by molar-refractivity contribution is 5.75. The Kier molecular flexibility index (Phi) is 6.65. The molecule has 1 heterocycles. The molecule has 0 aromatic heterocycles. The minimum atomic E-state index is 0.203. The topological polar surface area (TPSA) is 44.4 Å². The molecule has 1 amide bonds. The maximum Gasteiger partial charge on any atom is 0.220 e. The zero-order valence-corrected chi connectivity index (χ0v) is 12.3. The predicted molar refractivity (Wildman–Crippen MR) is 75.5 cm³/mol. The van der Waals surface area contributed by atoms with Crippen molar-refractivity contribution in [1.29, 1.82) is 0 Å². The first kappa shape index (κ1) is 15.4. The maximum absolute atomic E-state index is 11.8. The fourth-order valence-electron chi connectivity index (χ4n) is 2.62. The number of nitrogens with one attached hydrogen (secondary N) is 2. The first-order valence-electron chi connectivity index (χ1n) is 7.14. The highest BCUT2D eigenvalue weighted by Crippen LogP contribution is 2.14. The van der Waals surface area contributed by atoms with Gasteiger partial charge < -0.3 is 15.5 Å². The fraction of sp³-hybridized carbons (Fsp3) is 0.929. The smallest absolute Gasteiger partial charge is 0.220 e. The first-order chi connectivity index (χ1) is 8.50. The third kappa shape index (κ3) is 5.36. The van der Waals surface area contributed by atoms with Gasteiger partial charge in [0, 0.05) is 19.0 Å². The van der Waals surface area contributed by atoms with Gasteiger partial charge in [-0.05, 0) is 51.9 Å². The van der Waals surface area contributed by atoms with Crippen LogP contribution in [0.5, 0.6) is 0 Å². The number of rotatable bonds is 7. The highest BCUT2D eigenvalue weighted by Gasteiger charge is 2.18. The molecular weight excluding hydrogens is 226 g/mol. The Morgan fingerprint density at radius 1 is 1.44 bits per heavy atom. The number of hydrogen-bond donors (Lipinski definition) is 2. The number of likely N-dealkylation sites (N-methyl/N-ethyl adjacent to an activating group) is 1. The van der Waals surface area contributed by atoms with Crippen LogP contribution in [0.1, 0.15) is 33.1 Å². The van der Waals surface area contributed by atoms with Crippen molar-refractivity contribution in [3.63, 3.8) is 0 Å². The average molecular weight is 255 g/mol. The number of amides is 1. The van der Waals surface area contributed by atoms with Gasteiger partial charge in [-0.1, -0.05) is 13.8 Å². The predicted octanol–water partition coefficient (Wildman–Crippen LogP) is 1.08. The zero-order valence-electron chi connectivity index (χ0n) is 12.3. The third-order valence-corrected chi connectivity index (χ3v) is 3.88. The molecule has 0 radical (unpaired) electrons. The summed E-state index contributed by atoms with van der Waals surface area (Å²) in [6, 6.07) is 0.419. The Bertz CT molecular complexity index is 239. The fourth-order valence-corrected chi connectivity index (χ4v) is 2.62. The molecule has 0 aliphatic carbocycles. The number of hydrogen-bond acceptors (Lipinski definition) is 3. The van der Waals surface area contributed by atoms with Gasteiger partial charge in [0.15, 0.2) is 0 Å². The van der Waals surface area contributed by atoms with Crippen LogP contribution in [0, 0.1) is 11.8 Å². The lowest BCUT2D eigenvalue weighted by Gasteiger charge is -2.28. The molecule has 1 aliphatic heterocycles. The van der Waals surface area contributed by atoms with E-state index in [2.05, 4.69) is 43.5 Å². The molecule has 1 fully saturated rings. The van der Waals surface area contributed by atoms with Gasteiger partial charge in [0.2, 0.25) is 5.91 Å². The SMILES string of the molecule is CC(C)C(CNC(=O)CCC1CCNC1)N(C)C. The van der Waals surface area contributed by atoms with Crippen molar-refractivity contribution in [3.05, 3.63) is 0 Å². The van der Waals surface area contributed by atoms with Crippen LogP contribution in [0.15, 0.2) is 0 Å². The van der Waals surface area contributed by atoms with E-state index in [0.29, 0.717) is 24.3 Å². The van der Waals surface area contributed by atoms with E-state index in [1.165, 1.54) is 6.42 Å². The van der Waals surface area contributed by atoms with E-state index in [1.807, 2.05) is 0 Å². The Morgan fingerprint density at radius 3 is 2.67 bits per heavy atom. The van der Waals surface area contributed by atoms with Crippen LogP contribution in [-0.2, 0) is 4.79 Å². The molecule has 0 aromatic rings. The normalized spacial score (nSPS) is 21.6. The van der Waals surface area contributed by atoms with Crippen LogP contribution < -0.4 is 10.6 Å². The van der Waals surface area contributed by atoms with E-state index in [1.54, 1.807) is 0 Å². The number of carbonyl (C=O) groups excluding carboxylic acids is 1. The minimum Gasteiger partial charge on any atom is -0.355 e. The largest absolute Gasteiger partial charge is 0.355 e. The molecule has 0 saturated carbocycles. The maximum atomic E-state index is 11.8. The van der Waals surface area contributed by atoms with Crippen LogP contribution in [0.4, 0.5) is 0 Å². The standard InChI is InChI=1S/C14H29N3O/c1-11(2)13(17(3)4)10-16-14(18)6-5-12-7-8-15-9-12/h11-13,15H,5-10H2,1-4H3,(H,16,18). The van der Waals surface area contributed by atoms with Crippen LogP contribution in [0.3, 0.4) is 0 Å². The van der Waals surface area contributed by atoms with Gasteiger partial charge in [-0.25, -0.2) is 0 Å². The van der Waals surface area contributed by atoms with E-state index in [4.69, 9.17) is 0 Å². The van der Waals surface area contributed by atoms with E-state index >= 15 is 0 Å². The Hall–Kier alpha value is -0.610. The van der Waals surface area contributed by atoms with Crippen LogP contribution in [-0.4, -0.2) is 50.6 Å². The molecule has 2 atom stereocenters. The average Bonchev–Trinajstić information content (AvgIpc) is 2.78. The molecule has 18 heavy (non-hydrogen) atoms. The molecule has 0 spiro atoms. The highest BCUT2D eigenvalue weighted by atomic mass is 16.1. The van der Waals surface area contributed by atoms with Crippen molar-refractivity contribution in [1.82, 2.24) is 15.5 Å². The summed E-state index contributed by atoms with van der Waals surface area (Å²) in [5, 5.41) is 6.41. The summed E-state index contributed by atoms with van der Waals surface area (Å²) in [6.45, 7) is 7.34. The second-order valence-corrected chi connectivity index (χ2v) is 5.98. The van der Waals surface area contributed by atoms with E-state index < -0.39 is 0 Å². The van der Waals surface area contributed by atoms with Gasteiger partial charge >= 0.3 is 0 Å². The van der Waals surface area contributed by atoms with Crippen LogP contribution >= 0.6 is 0 Å². The molecule has 2 N–H and O–H groups in total. The number of carbonyl (C=O) groups is 1. The molecular formula is C14H29N3O. The van der Waals surface area contributed by atoms with E-state index in [9.17, 15) is 4.79 Å². The summed E-state index contributed by atoms with van der Waals surface area (Å²) in [5.74, 6) is 1.46. The Balaban J connectivity index is 2.18. The molecule has 106 valence electrons. The third-order valence-electron chi connectivity index (χ3n) is 3.88. The summed E-state index contributed by atoms with van der Waals surface area (Å²) >= 11 is 0. The molecule has 2 unspecified atom stereocenters. The van der Waals surface area contributed by atoms with Gasteiger partial charge in [0.1, 0.15) is 0 Å².